The molecular formula is C16H34N2O12. The molecule has 14 heteroatoms. The lowest BCUT2D eigenvalue weighted by Crippen LogP contribution is -2.59. The Balaban J connectivity index is 0.000000300. The van der Waals surface area contributed by atoms with Crippen molar-refractivity contribution in [3.8, 4) is 0 Å². The smallest absolute Gasteiger partial charge is 0.186 e. The van der Waals surface area contributed by atoms with Crippen LogP contribution in [-0.2, 0) is 18.9 Å². The van der Waals surface area contributed by atoms with Gasteiger partial charge in [-0.25, -0.2) is 0 Å². The standard InChI is InChI=1S/2C8H17NO6/c2*9-1-2-14-8-7(13)6(12)5(11)4(3-10)15-8/h2*4-8,10-13H,1-3,9H2/t4-,5-,6+,7-,8+;4-,5-,6+,7-,8-/m11/s1. The van der Waals surface area contributed by atoms with Crippen molar-refractivity contribution in [1.82, 2.24) is 0 Å². The van der Waals surface area contributed by atoms with Gasteiger partial charge in [-0.1, -0.05) is 0 Å². The van der Waals surface area contributed by atoms with E-state index in [0.717, 1.165) is 0 Å². The fourth-order valence-electron chi connectivity index (χ4n) is 2.78. The first-order valence-electron chi connectivity index (χ1n) is 9.47. The predicted octanol–water partition coefficient (Wildman–Crippen LogP) is -6.48. The Morgan fingerprint density at radius 2 is 0.900 bits per heavy atom. The molecule has 14 nitrogen and oxygen atoms in total. The Hall–Kier alpha value is -0.560. The average molecular weight is 446 g/mol. The van der Waals surface area contributed by atoms with Gasteiger partial charge in [-0.3, -0.25) is 0 Å². The molecule has 2 fully saturated rings. The fourth-order valence-corrected chi connectivity index (χ4v) is 2.78. The summed E-state index contributed by atoms with van der Waals surface area (Å²) in [5.41, 5.74) is 10.4. The Morgan fingerprint density at radius 1 is 0.567 bits per heavy atom. The highest BCUT2D eigenvalue weighted by atomic mass is 16.7. The monoisotopic (exact) mass is 446 g/mol. The van der Waals surface area contributed by atoms with Crippen LogP contribution in [0.4, 0.5) is 0 Å². The summed E-state index contributed by atoms with van der Waals surface area (Å²) in [5.74, 6) is 0. The minimum atomic E-state index is -1.40. The molecule has 2 rings (SSSR count). The van der Waals surface area contributed by atoms with Crippen LogP contribution in [0.1, 0.15) is 0 Å². The molecule has 0 amide bonds. The summed E-state index contributed by atoms with van der Waals surface area (Å²) < 4.78 is 20.1. The fraction of sp³-hybridized carbons (Fsp3) is 1.00. The van der Waals surface area contributed by atoms with Crippen molar-refractivity contribution < 1.29 is 59.8 Å². The van der Waals surface area contributed by atoms with Crippen LogP contribution in [0.25, 0.3) is 0 Å². The highest BCUT2D eigenvalue weighted by Gasteiger charge is 2.44. The van der Waals surface area contributed by atoms with E-state index in [1.165, 1.54) is 0 Å². The summed E-state index contributed by atoms with van der Waals surface area (Å²) in [6.45, 7) is -0.129. The first kappa shape index (κ1) is 27.5. The van der Waals surface area contributed by atoms with Gasteiger partial charge in [-0.2, -0.15) is 0 Å². The molecule has 12 N–H and O–H groups in total. The van der Waals surface area contributed by atoms with Crippen molar-refractivity contribution >= 4 is 0 Å². The number of nitrogens with two attached hydrogens (primary N) is 2. The average Bonchev–Trinajstić information content (AvgIpc) is 2.75. The Bertz CT molecular complexity index is 420. The minimum Gasteiger partial charge on any atom is -0.394 e. The van der Waals surface area contributed by atoms with Crippen LogP contribution in [0, 0.1) is 0 Å². The molecule has 30 heavy (non-hydrogen) atoms. The van der Waals surface area contributed by atoms with Gasteiger partial charge in [-0.15, -0.1) is 0 Å². The van der Waals surface area contributed by atoms with Crippen molar-refractivity contribution in [3.63, 3.8) is 0 Å². The molecule has 2 aliphatic rings. The summed E-state index contributed by atoms with van der Waals surface area (Å²) in [5, 5.41) is 74.2. The second kappa shape index (κ2) is 13.8. The summed E-state index contributed by atoms with van der Waals surface area (Å²) in [6.07, 6.45) is -12.3. The molecule has 0 bridgehead atoms. The van der Waals surface area contributed by atoms with Crippen LogP contribution in [0.3, 0.4) is 0 Å². The lowest BCUT2D eigenvalue weighted by atomic mass is 9.99. The highest BCUT2D eigenvalue weighted by molar-refractivity contribution is 4.89. The van der Waals surface area contributed by atoms with Gasteiger partial charge in [0.2, 0.25) is 0 Å². The van der Waals surface area contributed by atoms with Crippen molar-refractivity contribution in [2.75, 3.05) is 39.5 Å². The van der Waals surface area contributed by atoms with Crippen LogP contribution in [0.2, 0.25) is 0 Å². The maximum Gasteiger partial charge on any atom is 0.186 e. The van der Waals surface area contributed by atoms with E-state index in [1.807, 2.05) is 0 Å². The van der Waals surface area contributed by atoms with Gasteiger partial charge < -0.3 is 71.3 Å². The van der Waals surface area contributed by atoms with Crippen LogP contribution < -0.4 is 11.5 Å². The van der Waals surface area contributed by atoms with E-state index < -0.39 is 74.6 Å². The number of ether oxygens (including phenoxy) is 4. The molecular weight excluding hydrogens is 412 g/mol. The van der Waals surface area contributed by atoms with Crippen molar-refractivity contribution in [2.45, 2.75) is 61.4 Å². The van der Waals surface area contributed by atoms with Crippen LogP contribution >= 0.6 is 0 Å². The van der Waals surface area contributed by atoms with E-state index in [0.29, 0.717) is 0 Å². The van der Waals surface area contributed by atoms with Gasteiger partial charge in [0, 0.05) is 13.1 Å². The molecule has 0 aromatic rings. The lowest BCUT2D eigenvalue weighted by Gasteiger charge is -2.39. The summed E-state index contributed by atoms with van der Waals surface area (Å²) in [6, 6.07) is 0. The molecule has 10 atom stereocenters. The van der Waals surface area contributed by atoms with E-state index in [1.54, 1.807) is 0 Å². The zero-order chi connectivity index (χ0) is 22.8. The lowest BCUT2D eigenvalue weighted by molar-refractivity contribution is -0.300. The molecule has 2 heterocycles. The topological polar surface area (TPSA) is 251 Å². The zero-order valence-corrected chi connectivity index (χ0v) is 16.4. The van der Waals surface area contributed by atoms with Gasteiger partial charge in [0.1, 0.15) is 48.8 Å². The number of rotatable bonds is 8. The molecule has 2 saturated heterocycles. The van der Waals surface area contributed by atoms with E-state index in [4.69, 9.17) is 40.6 Å². The molecule has 0 unspecified atom stereocenters. The quantitative estimate of drug-likeness (QED) is 0.166. The molecule has 0 saturated carbocycles. The minimum absolute atomic E-state index is 0.155. The third kappa shape index (κ3) is 7.25. The molecule has 2 aliphatic heterocycles. The Labute approximate surface area is 173 Å². The first-order chi connectivity index (χ1) is 14.2. The molecule has 180 valence electrons. The van der Waals surface area contributed by atoms with E-state index in [9.17, 15) is 30.6 Å². The van der Waals surface area contributed by atoms with Crippen molar-refractivity contribution in [3.05, 3.63) is 0 Å². The van der Waals surface area contributed by atoms with Gasteiger partial charge in [-0.05, 0) is 0 Å². The maximum atomic E-state index is 9.47. The van der Waals surface area contributed by atoms with Gasteiger partial charge in [0.25, 0.3) is 0 Å². The molecule has 0 radical (unpaired) electrons. The predicted molar refractivity (Wildman–Crippen MR) is 97.5 cm³/mol. The third-order valence-electron chi connectivity index (χ3n) is 4.50. The van der Waals surface area contributed by atoms with Gasteiger partial charge >= 0.3 is 0 Å². The normalized spacial score (nSPS) is 41.8. The number of aliphatic hydroxyl groups is 8. The second-order valence-corrected chi connectivity index (χ2v) is 6.71. The van der Waals surface area contributed by atoms with E-state index in [-0.39, 0.29) is 26.3 Å². The Kier molecular flexibility index (Phi) is 12.6. The Morgan fingerprint density at radius 3 is 1.17 bits per heavy atom. The number of hydrogen-bond acceptors (Lipinski definition) is 14. The van der Waals surface area contributed by atoms with E-state index >= 15 is 0 Å². The molecule has 0 aliphatic carbocycles. The largest absolute Gasteiger partial charge is 0.394 e. The van der Waals surface area contributed by atoms with E-state index in [2.05, 4.69) is 0 Å². The third-order valence-corrected chi connectivity index (χ3v) is 4.50. The summed E-state index contributed by atoms with van der Waals surface area (Å²) in [4.78, 5) is 0. The molecule has 0 aromatic heterocycles. The zero-order valence-electron chi connectivity index (χ0n) is 16.4. The maximum absolute atomic E-state index is 9.47. The summed E-state index contributed by atoms with van der Waals surface area (Å²) >= 11 is 0. The number of hydrogen-bond donors (Lipinski definition) is 10. The van der Waals surface area contributed by atoms with Crippen LogP contribution in [0.5, 0.6) is 0 Å². The highest BCUT2D eigenvalue weighted by Crippen LogP contribution is 2.22. The number of aliphatic hydroxyl groups excluding tert-OH is 8. The van der Waals surface area contributed by atoms with Gasteiger partial charge in [0.15, 0.2) is 12.6 Å². The van der Waals surface area contributed by atoms with Gasteiger partial charge in [0.05, 0.1) is 26.4 Å². The molecule has 0 spiro atoms. The van der Waals surface area contributed by atoms with Crippen LogP contribution in [-0.4, -0.2) is 142 Å². The first-order valence-corrected chi connectivity index (χ1v) is 9.47. The second-order valence-electron chi connectivity index (χ2n) is 6.71. The van der Waals surface area contributed by atoms with Crippen molar-refractivity contribution in [1.29, 1.82) is 0 Å². The summed E-state index contributed by atoms with van der Waals surface area (Å²) in [7, 11) is 0. The van der Waals surface area contributed by atoms with Crippen molar-refractivity contribution in [2.24, 2.45) is 11.5 Å². The SMILES string of the molecule is NCCO[C@@H]1O[C@H](CO)[C@@H](O)[C@H](O)[C@H]1O.NCCO[C@H]1O[C@H](CO)[C@@H](O)[C@H](O)[C@H]1O. The van der Waals surface area contributed by atoms with Crippen LogP contribution in [0.15, 0.2) is 0 Å². The molecule has 0 aromatic carbocycles.